The Bertz CT molecular complexity index is 8080. The van der Waals surface area contributed by atoms with Crippen LogP contribution in [-0.2, 0) is 119 Å². The van der Waals surface area contributed by atoms with Crippen molar-refractivity contribution in [3.05, 3.63) is 249 Å². The van der Waals surface area contributed by atoms with Crippen molar-refractivity contribution in [3.8, 4) is 45.0 Å². The zero-order chi connectivity index (χ0) is 96.7. The first kappa shape index (κ1) is 89.3. The van der Waals surface area contributed by atoms with Crippen LogP contribution in [-0.4, -0.2) is 160 Å². The zero-order valence-corrected chi connectivity index (χ0v) is 79.8. The van der Waals surface area contributed by atoms with Crippen molar-refractivity contribution in [3.63, 3.8) is 0 Å². The summed E-state index contributed by atoms with van der Waals surface area (Å²) < 4.78 is 11.9. The summed E-state index contributed by atoms with van der Waals surface area (Å²) in [5, 5.41) is 52.4. The highest BCUT2D eigenvalue weighted by molar-refractivity contribution is 5.99. The number of imidazole rings is 2. The molecule has 0 saturated heterocycles. The van der Waals surface area contributed by atoms with Gasteiger partial charge in [-0.3, -0.25) is 48.3 Å². The van der Waals surface area contributed by atoms with Crippen molar-refractivity contribution >= 4 is 125 Å². The summed E-state index contributed by atoms with van der Waals surface area (Å²) >= 11 is 0. The van der Waals surface area contributed by atoms with Gasteiger partial charge in [0.1, 0.15) is 71.3 Å². The summed E-state index contributed by atoms with van der Waals surface area (Å²) in [6.45, 7) is 13.4. The third kappa shape index (κ3) is 17.7. The second kappa shape index (κ2) is 37.3. The molecule has 4 aliphatic heterocycles. The summed E-state index contributed by atoms with van der Waals surface area (Å²) in [6, 6.07) is 24.2. The average molecular weight is 1890 g/mol. The molecule has 142 heavy (non-hydrogen) atoms. The lowest BCUT2D eigenvalue weighted by atomic mass is 9.88. The zero-order valence-electron chi connectivity index (χ0n) is 79.8. The number of aliphatic hydroxyl groups is 1. The van der Waals surface area contributed by atoms with Crippen molar-refractivity contribution in [2.24, 2.45) is 0 Å². The number of hydrogen-bond acceptors (Lipinski definition) is 29. The van der Waals surface area contributed by atoms with Crippen LogP contribution in [0, 0.1) is 27.7 Å². The number of carbonyl (C=O) groups excluding carboxylic acids is 2. The van der Waals surface area contributed by atoms with Gasteiger partial charge in [0.05, 0.1) is 42.0 Å². The van der Waals surface area contributed by atoms with Gasteiger partial charge in [0.25, 0.3) is 0 Å². The van der Waals surface area contributed by atoms with Gasteiger partial charge in [0.2, 0.25) is 11.8 Å². The van der Waals surface area contributed by atoms with Gasteiger partial charge in [0.15, 0.2) is 23.3 Å². The maximum absolute atomic E-state index is 12.2. The van der Waals surface area contributed by atoms with E-state index in [0.29, 0.717) is 84.4 Å². The highest BCUT2D eigenvalue weighted by atomic mass is 16.3. The Hall–Kier alpha value is -16.6. The summed E-state index contributed by atoms with van der Waals surface area (Å²) in [7, 11) is 1.82. The highest BCUT2D eigenvalue weighted by Gasteiger charge is 2.30. The first-order valence-corrected chi connectivity index (χ1v) is 48.9. The van der Waals surface area contributed by atoms with Gasteiger partial charge in [-0.1, -0.05) is 0 Å². The summed E-state index contributed by atoms with van der Waals surface area (Å²) in [6.07, 6.45) is 41.4. The van der Waals surface area contributed by atoms with E-state index in [4.69, 9.17) is 53.1 Å². The van der Waals surface area contributed by atoms with Crippen LogP contribution in [0.5, 0.6) is 0 Å². The molecule has 0 bridgehead atoms. The number of nitrogen functional groups attached to an aromatic ring is 4. The molecule has 8 aliphatic rings. The maximum atomic E-state index is 12.2. The van der Waals surface area contributed by atoms with Crippen molar-refractivity contribution < 1.29 is 14.7 Å². The highest BCUT2D eigenvalue weighted by Crippen LogP contribution is 2.42. The SMILES string of the molecule is Cc1c(-c2cc3cc(Nc4cc5n(n4)CC(=O)N(C)CC5)ncc3c(N)n2)cnc2c1CCCC2.Cc1c(-c2cc3cc(Nc4cc5n(n4)CC(=O)NCC5)ncc3c(N)n2)cnc2c1CCCC2.Cc1c(-c2cc3cc(Nc4cc5n(n4)Cc4nccn4CC5)ncc3c(N)n2)cnc2c1CCCC2.Cc1c(-c2cc3cc(Nc4cc5n(n4)Cc4nccn4CC5)ncc3c(N)n2)cnc2c1[C@H](O)CCC2. The molecule has 0 unspecified atom stereocenters. The van der Waals surface area contributed by atoms with E-state index >= 15 is 0 Å². The van der Waals surface area contributed by atoms with Gasteiger partial charge in [-0.05, 0) is 233 Å². The first-order valence-electron chi connectivity index (χ1n) is 48.9. The standard InChI is InChI=1S/C27H27N9O.C27H27N9.C26H28N8O.C25H26N8O/c1-15-18(12-30-20-3-2-4-22(37)26(15)20)21-9-16-10-23(31-13-19(16)27(28)32-21)33-24-11-17-5-7-35-8-6-29-25(35)14-36(17)34-24;1-16-19-4-2-3-5-22(19)30-13-20(16)23-10-17-11-24(31-14-21(17)27(28)32-23)33-25-12-18-6-8-35-9-7-29-26(35)15-36(18)34-25;1-15-18-5-3-4-6-21(18)28-12-19(15)22-9-16-10-23(29-13-20(16)26(27)30-22)31-24-11-17-7-8-33(2)25(35)14-34(17)32-24;1-14-17-4-2-3-5-20(17)28-11-18(14)21-8-15-9-22(29-12-19(15)25(26)30-21)31-23-10-16-6-7-27-24(34)13-33(16)32-23/h6,8-13,22,37H,2-5,7,14H2,1H3,(H2,28,32)(H,31,33,34);7,9-14H,2-6,8,15H2,1H3,(H2,28,32)(H,31,33,34);9-13H,3-8,14H2,1-2H3,(H2,27,30)(H,29,31,32);8-12H,2-7,13H2,1H3,(H2,26,30)(H,27,34)(H,29,31,32)/t22-;;;/m1.../s1. The molecule has 1 atom stereocenters. The molecule has 18 aromatic rings. The normalized spacial score (nSPS) is 15.6. The number of nitrogens with one attached hydrogen (secondary N) is 5. The summed E-state index contributed by atoms with van der Waals surface area (Å²) in [4.78, 5) is 90.5. The van der Waals surface area contributed by atoms with E-state index in [2.05, 4.69) is 141 Å². The molecule has 0 radical (unpaired) electrons. The Kier molecular flexibility index (Phi) is 23.5. The van der Waals surface area contributed by atoms with E-state index in [-0.39, 0.29) is 24.9 Å². The predicted octanol–water partition coefficient (Wildman–Crippen LogP) is 14.4. The largest absolute Gasteiger partial charge is 0.388 e. The molecule has 37 heteroatoms. The number of carbonyl (C=O) groups is 2. The minimum atomic E-state index is -0.487. The molecule has 14 N–H and O–H groups in total. The number of aryl methyl sites for hydroxylation is 8. The van der Waals surface area contributed by atoms with Crippen molar-refractivity contribution in [2.75, 3.05) is 64.3 Å². The third-order valence-electron chi connectivity index (χ3n) is 29.0. The third-order valence-corrected chi connectivity index (χ3v) is 29.0. The minimum Gasteiger partial charge on any atom is -0.388 e. The monoisotopic (exact) mass is 1890 g/mol. The Labute approximate surface area is 816 Å². The van der Waals surface area contributed by atoms with E-state index < -0.39 is 6.10 Å². The lowest BCUT2D eigenvalue weighted by Crippen LogP contribution is -2.29. The van der Waals surface area contributed by atoms with Gasteiger partial charge < -0.3 is 68.7 Å². The molecular weight excluding hydrogens is 1790 g/mol. The second-order valence-electron chi connectivity index (χ2n) is 38.0. The fourth-order valence-corrected chi connectivity index (χ4v) is 21.2. The Morgan fingerprint density at radius 1 is 0.352 bits per heavy atom. The number of aromatic nitrogens is 24. The number of amides is 2. The Morgan fingerprint density at radius 2 is 0.690 bits per heavy atom. The van der Waals surface area contributed by atoms with Crippen LogP contribution in [0.1, 0.15) is 159 Å². The van der Waals surface area contributed by atoms with Crippen molar-refractivity contribution in [1.29, 1.82) is 0 Å². The molecule has 0 saturated carbocycles. The molecule has 0 fully saturated rings. The van der Waals surface area contributed by atoms with Crippen LogP contribution in [0.2, 0.25) is 0 Å². The van der Waals surface area contributed by atoms with E-state index in [1.54, 1.807) is 39.1 Å². The van der Waals surface area contributed by atoms with Crippen LogP contribution in [0.4, 0.5) is 69.8 Å². The molecule has 37 nitrogen and oxygen atoms in total. The van der Waals surface area contributed by atoms with Crippen molar-refractivity contribution in [1.82, 2.24) is 128 Å². The van der Waals surface area contributed by atoms with Gasteiger partial charge in [-0.25, -0.2) is 49.8 Å². The molecule has 22 heterocycles. The van der Waals surface area contributed by atoms with E-state index in [9.17, 15) is 14.7 Å². The lowest BCUT2D eigenvalue weighted by Gasteiger charge is -2.24. The molecule has 26 rings (SSSR count). The van der Waals surface area contributed by atoms with Gasteiger partial charge in [0, 0.05) is 252 Å². The van der Waals surface area contributed by atoms with E-state index in [1.165, 1.54) is 94.7 Å². The fourth-order valence-electron chi connectivity index (χ4n) is 21.2. The molecule has 716 valence electrons. The van der Waals surface area contributed by atoms with Crippen LogP contribution >= 0.6 is 0 Å². The summed E-state index contributed by atoms with van der Waals surface area (Å²) in [5.74, 6) is 9.39. The van der Waals surface area contributed by atoms with Crippen molar-refractivity contribution in [2.45, 2.75) is 195 Å². The molecule has 0 spiro atoms. The van der Waals surface area contributed by atoms with Crippen LogP contribution in [0.15, 0.2) is 147 Å². The second-order valence-corrected chi connectivity index (χ2v) is 38.0. The van der Waals surface area contributed by atoms with Gasteiger partial charge in [-0.2, -0.15) is 20.4 Å². The molecular formula is C105H108N34O3. The minimum absolute atomic E-state index is 0.0281. The number of hydrogen-bond donors (Lipinski definition) is 10. The van der Waals surface area contributed by atoms with Crippen LogP contribution in [0.3, 0.4) is 0 Å². The van der Waals surface area contributed by atoms with Gasteiger partial charge in [-0.15, -0.1) is 0 Å². The van der Waals surface area contributed by atoms with E-state index in [1.807, 2.05) is 121 Å². The smallest absolute Gasteiger partial charge is 0.244 e. The number of pyridine rings is 12. The molecule has 4 aliphatic carbocycles. The molecule has 18 aromatic heterocycles. The number of aliphatic hydroxyl groups excluding tert-OH is 1. The number of likely N-dealkylation sites (N-methyl/N-ethyl adjacent to an activating group) is 1. The van der Waals surface area contributed by atoms with Gasteiger partial charge >= 0.3 is 0 Å². The van der Waals surface area contributed by atoms with Crippen LogP contribution in [0.25, 0.3) is 88.1 Å². The fraction of sp³-hybridized carbons (Fsp3) is 0.314. The molecule has 0 aromatic carbocycles. The quantitative estimate of drug-likeness (QED) is 0.0543. The Morgan fingerprint density at radius 3 is 1.08 bits per heavy atom. The predicted molar refractivity (Wildman–Crippen MR) is 546 cm³/mol. The maximum Gasteiger partial charge on any atom is 0.244 e. The number of anilines is 12. The topological polar surface area (TPSA) is 483 Å². The van der Waals surface area contributed by atoms with Crippen LogP contribution < -0.4 is 49.5 Å². The first-order chi connectivity index (χ1) is 69.2. The average Bonchev–Trinajstić information content (AvgIpc) is 1.03. The number of rotatable bonds is 12. The number of fused-ring (bicyclic) bond motifs is 14. The molecule has 2 amide bonds. The Balaban J connectivity index is 0.000000105. The lowest BCUT2D eigenvalue weighted by molar-refractivity contribution is -0.130. The van der Waals surface area contributed by atoms with E-state index in [0.717, 1.165) is 242 Å². The number of nitrogens with zero attached hydrogens (tertiary/aromatic N) is 25. The number of nitrogens with two attached hydrogens (primary N) is 4. The summed E-state index contributed by atoms with van der Waals surface area (Å²) in [5.41, 5.74) is 51.4.